The van der Waals surface area contributed by atoms with Gasteiger partial charge in [0.1, 0.15) is 0 Å². The van der Waals surface area contributed by atoms with Crippen molar-refractivity contribution in [1.29, 1.82) is 0 Å². The molecule has 1 fully saturated rings. The quantitative estimate of drug-likeness (QED) is 0.854. The van der Waals surface area contributed by atoms with E-state index in [9.17, 15) is 0 Å². The summed E-state index contributed by atoms with van der Waals surface area (Å²) in [6.07, 6.45) is 9.17. The Labute approximate surface area is 116 Å². The Kier molecular flexibility index (Phi) is 4.88. The third kappa shape index (κ3) is 3.31. The third-order valence-electron chi connectivity index (χ3n) is 4.10. The fraction of sp³-hybridized carbons (Fsp3) is 0.733. The maximum atomic E-state index is 4.52. The highest BCUT2D eigenvalue weighted by atomic mass is 15.2. The molecule has 1 unspecified atom stereocenters. The molecule has 0 aliphatic carbocycles. The van der Waals surface area contributed by atoms with Crippen LogP contribution < -0.4 is 5.32 Å². The van der Waals surface area contributed by atoms with Crippen molar-refractivity contribution in [2.24, 2.45) is 0 Å². The minimum Gasteiger partial charge on any atom is -0.307 e. The van der Waals surface area contributed by atoms with Crippen LogP contribution in [0.25, 0.3) is 0 Å². The Morgan fingerprint density at radius 1 is 1.32 bits per heavy atom. The summed E-state index contributed by atoms with van der Waals surface area (Å²) < 4.78 is 0. The van der Waals surface area contributed by atoms with Gasteiger partial charge in [0.15, 0.2) is 0 Å². The molecule has 1 aliphatic heterocycles. The first-order chi connectivity index (χ1) is 9.16. The van der Waals surface area contributed by atoms with Crippen LogP contribution in [-0.2, 0) is 0 Å². The van der Waals surface area contributed by atoms with Gasteiger partial charge in [-0.1, -0.05) is 6.92 Å². The van der Waals surface area contributed by atoms with Gasteiger partial charge in [-0.05, 0) is 52.7 Å². The van der Waals surface area contributed by atoms with E-state index in [1.54, 1.807) is 12.4 Å². The molecule has 4 heteroatoms. The van der Waals surface area contributed by atoms with Crippen molar-refractivity contribution in [2.45, 2.75) is 51.6 Å². The van der Waals surface area contributed by atoms with Crippen molar-refractivity contribution in [3.63, 3.8) is 0 Å². The SMILES string of the molecule is CCCNC(c1cnccn1)C(C)(C)N1CCCC1. The van der Waals surface area contributed by atoms with Gasteiger partial charge in [0.05, 0.1) is 17.9 Å². The molecule has 1 atom stereocenters. The molecule has 1 saturated heterocycles. The number of hydrogen-bond acceptors (Lipinski definition) is 4. The van der Waals surface area contributed by atoms with E-state index in [1.807, 2.05) is 6.20 Å². The van der Waals surface area contributed by atoms with E-state index in [1.165, 1.54) is 25.9 Å². The molecule has 0 amide bonds. The molecular weight excluding hydrogens is 236 g/mol. The molecule has 0 spiro atoms. The van der Waals surface area contributed by atoms with Crippen LogP contribution in [0.2, 0.25) is 0 Å². The second-order valence-electron chi connectivity index (χ2n) is 5.87. The molecule has 19 heavy (non-hydrogen) atoms. The second-order valence-corrected chi connectivity index (χ2v) is 5.87. The van der Waals surface area contributed by atoms with Gasteiger partial charge < -0.3 is 5.32 Å². The monoisotopic (exact) mass is 262 g/mol. The fourth-order valence-electron chi connectivity index (χ4n) is 2.94. The zero-order valence-corrected chi connectivity index (χ0v) is 12.4. The van der Waals surface area contributed by atoms with Crippen LogP contribution >= 0.6 is 0 Å². The van der Waals surface area contributed by atoms with Crippen LogP contribution in [0.1, 0.15) is 51.8 Å². The molecule has 1 aromatic heterocycles. The molecule has 106 valence electrons. The van der Waals surface area contributed by atoms with Crippen molar-refractivity contribution >= 4 is 0 Å². The minimum atomic E-state index is 0.0711. The van der Waals surface area contributed by atoms with Gasteiger partial charge in [0.25, 0.3) is 0 Å². The van der Waals surface area contributed by atoms with Gasteiger partial charge in [0, 0.05) is 17.9 Å². The van der Waals surface area contributed by atoms with Gasteiger partial charge in [0.2, 0.25) is 0 Å². The lowest BCUT2D eigenvalue weighted by molar-refractivity contribution is 0.105. The minimum absolute atomic E-state index is 0.0711. The van der Waals surface area contributed by atoms with Crippen LogP contribution in [0.3, 0.4) is 0 Å². The summed E-state index contributed by atoms with van der Waals surface area (Å²) in [7, 11) is 0. The van der Waals surface area contributed by atoms with Gasteiger partial charge >= 0.3 is 0 Å². The maximum Gasteiger partial charge on any atom is 0.0774 e. The normalized spacial score (nSPS) is 18.7. The van der Waals surface area contributed by atoms with Crippen LogP contribution in [0.4, 0.5) is 0 Å². The smallest absolute Gasteiger partial charge is 0.0774 e. The molecule has 1 aliphatic rings. The van der Waals surface area contributed by atoms with Crippen molar-refractivity contribution in [2.75, 3.05) is 19.6 Å². The Morgan fingerprint density at radius 3 is 2.63 bits per heavy atom. The molecule has 1 aromatic rings. The average Bonchev–Trinajstić information content (AvgIpc) is 2.95. The van der Waals surface area contributed by atoms with Crippen molar-refractivity contribution in [3.8, 4) is 0 Å². The summed E-state index contributed by atoms with van der Waals surface area (Å²) in [5, 5.41) is 3.66. The molecule has 0 aromatic carbocycles. The summed E-state index contributed by atoms with van der Waals surface area (Å²) in [6, 6.07) is 0.235. The van der Waals surface area contributed by atoms with Crippen LogP contribution in [0, 0.1) is 0 Å². The van der Waals surface area contributed by atoms with Gasteiger partial charge in [-0.25, -0.2) is 0 Å². The van der Waals surface area contributed by atoms with Crippen molar-refractivity contribution in [3.05, 3.63) is 24.3 Å². The van der Waals surface area contributed by atoms with E-state index < -0.39 is 0 Å². The number of likely N-dealkylation sites (tertiary alicyclic amines) is 1. The highest BCUT2D eigenvalue weighted by Crippen LogP contribution is 2.32. The van der Waals surface area contributed by atoms with Crippen LogP contribution in [0.5, 0.6) is 0 Å². The van der Waals surface area contributed by atoms with Gasteiger partial charge in [-0.15, -0.1) is 0 Å². The molecule has 0 radical (unpaired) electrons. The number of nitrogens with zero attached hydrogens (tertiary/aromatic N) is 3. The Bertz CT molecular complexity index is 371. The van der Waals surface area contributed by atoms with E-state index >= 15 is 0 Å². The third-order valence-corrected chi connectivity index (χ3v) is 4.10. The fourth-order valence-corrected chi connectivity index (χ4v) is 2.94. The average molecular weight is 262 g/mol. The number of rotatable bonds is 6. The largest absolute Gasteiger partial charge is 0.307 e. The first kappa shape index (κ1) is 14.4. The van der Waals surface area contributed by atoms with E-state index in [2.05, 4.69) is 41.0 Å². The molecule has 4 nitrogen and oxygen atoms in total. The first-order valence-electron chi connectivity index (χ1n) is 7.40. The first-order valence-corrected chi connectivity index (χ1v) is 7.40. The standard InChI is InChI=1S/C15H26N4/c1-4-7-18-14(13-12-16-8-9-17-13)15(2,3)19-10-5-6-11-19/h8-9,12,14,18H,4-7,10-11H2,1-3H3. The summed E-state index contributed by atoms with van der Waals surface area (Å²) in [6.45, 7) is 10.2. The van der Waals surface area contributed by atoms with E-state index in [0.717, 1.165) is 18.7 Å². The highest BCUT2D eigenvalue weighted by molar-refractivity contribution is 5.11. The van der Waals surface area contributed by atoms with E-state index in [0.29, 0.717) is 0 Å². The summed E-state index contributed by atoms with van der Waals surface area (Å²) in [5.41, 5.74) is 1.12. The number of aromatic nitrogens is 2. The van der Waals surface area contributed by atoms with E-state index in [-0.39, 0.29) is 11.6 Å². The highest BCUT2D eigenvalue weighted by Gasteiger charge is 2.38. The summed E-state index contributed by atoms with van der Waals surface area (Å²) in [5.74, 6) is 0. The molecule has 0 bridgehead atoms. The van der Waals surface area contributed by atoms with Crippen molar-refractivity contribution in [1.82, 2.24) is 20.2 Å². The zero-order valence-electron chi connectivity index (χ0n) is 12.4. The molecule has 0 saturated carbocycles. The lowest BCUT2D eigenvalue weighted by Gasteiger charge is -2.42. The number of hydrogen-bond donors (Lipinski definition) is 1. The molecule has 1 N–H and O–H groups in total. The Hall–Kier alpha value is -1.00. The maximum absolute atomic E-state index is 4.52. The lowest BCUT2D eigenvalue weighted by Crippen LogP contribution is -2.52. The predicted octanol–water partition coefficient (Wildman–Crippen LogP) is 2.39. The summed E-state index contributed by atoms with van der Waals surface area (Å²) >= 11 is 0. The zero-order chi connectivity index (χ0) is 13.7. The second kappa shape index (κ2) is 6.44. The van der Waals surface area contributed by atoms with Crippen LogP contribution in [-0.4, -0.2) is 40.0 Å². The van der Waals surface area contributed by atoms with Crippen LogP contribution in [0.15, 0.2) is 18.6 Å². The molecular formula is C15H26N4. The lowest BCUT2D eigenvalue weighted by atomic mass is 9.90. The molecule has 2 rings (SSSR count). The summed E-state index contributed by atoms with van der Waals surface area (Å²) in [4.78, 5) is 11.3. The van der Waals surface area contributed by atoms with Gasteiger partial charge in [-0.3, -0.25) is 14.9 Å². The Balaban J connectivity index is 2.20. The van der Waals surface area contributed by atoms with Crippen molar-refractivity contribution < 1.29 is 0 Å². The Morgan fingerprint density at radius 2 is 2.05 bits per heavy atom. The molecule has 2 heterocycles. The predicted molar refractivity (Wildman–Crippen MR) is 78.0 cm³/mol. The number of nitrogens with one attached hydrogen (secondary N) is 1. The topological polar surface area (TPSA) is 41.1 Å². The van der Waals surface area contributed by atoms with E-state index in [4.69, 9.17) is 0 Å². The van der Waals surface area contributed by atoms with Gasteiger partial charge in [-0.2, -0.15) is 0 Å².